The highest BCUT2D eigenvalue weighted by molar-refractivity contribution is 7.20. The quantitative estimate of drug-likeness (QED) is 0.484. The highest BCUT2D eigenvalue weighted by atomic mass is 32.1. The van der Waals surface area contributed by atoms with Crippen LogP contribution in [0.1, 0.15) is 26.4 Å². The maximum atomic E-state index is 13.6. The third-order valence-corrected chi connectivity index (χ3v) is 6.60. The topological polar surface area (TPSA) is 88.1 Å². The molecule has 7 nitrogen and oxygen atoms in total. The smallest absolute Gasteiger partial charge is 0.337 e. The predicted molar refractivity (Wildman–Crippen MR) is 125 cm³/mol. The third kappa shape index (κ3) is 3.43. The summed E-state index contributed by atoms with van der Waals surface area (Å²) in [4.78, 5) is 42.1. The van der Waals surface area contributed by atoms with Crippen molar-refractivity contribution in [3.05, 3.63) is 97.0 Å². The van der Waals surface area contributed by atoms with Crippen LogP contribution in [-0.2, 0) is 6.54 Å². The number of thiophene rings is 1. The Morgan fingerprint density at radius 2 is 1.72 bits per heavy atom. The Morgan fingerprint density at radius 1 is 1.06 bits per heavy atom. The van der Waals surface area contributed by atoms with Crippen molar-refractivity contribution in [2.75, 3.05) is 14.1 Å². The van der Waals surface area contributed by atoms with E-state index in [1.165, 1.54) is 9.47 Å². The lowest BCUT2D eigenvalue weighted by atomic mass is 10.1. The second kappa shape index (κ2) is 8.29. The number of aromatic nitrogens is 2. The van der Waals surface area contributed by atoms with Gasteiger partial charge in [0, 0.05) is 14.1 Å². The molecule has 4 aromatic rings. The van der Waals surface area contributed by atoms with Crippen LogP contribution < -0.4 is 11.2 Å². The zero-order chi connectivity index (χ0) is 23.0. The summed E-state index contributed by atoms with van der Waals surface area (Å²) in [5, 5.41) is 9.83. The number of amides is 1. The average Bonchev–Trinajstić information content (AvgIpc) is 3.14. The van der Waals surface area contributed by atoms with Gasteiger partial charge in [-0.15, -0.1) is 11.3 Å². The second-order valence-corrected chi connectivity index (χ2v) is 8.55. The van der Waals surface area contributed by atoms with E-state index in [0.717, 1.165) is 15.9 Å². The van der Waals surface area contributed by atoms with E-state index in [-0.39, 0.29) is 12.5 Å². The SMILES string of the molecule is Cc1c(C(=O)N(C)C)sc2c1c(=O)n(-c1ccccc1)c(=O)n2Cc1ccccc1C#N. The predicted octanol–water partition coefficient (Wildman–Crippen LogP) is 3.14. The molecule has 2 heterocycles. The fourth-order valence-electron chi connectivity index (χ4n) is 3.64. The van der Waals surface area contributed by atoms with Gasteiger partial charge in [0.25, 0.3) is 11.5 Å². The first-order valence-corrected chi connectivity index (χ1v) is 10.7. The van der Waals surface area contributed by atoms with Crippen LogP contribution in [0, 0.1) is 18.3 Å². The van der Waals surface area contributed by atoms with Crippen LogP contribution in [0.15, 0.2) is 64.2 Å². The summed E-state index contributed by atoms with van der Waals surface area (Å²) < 4.78 is 2.60. The Bertz CT molecular complexity index is 1500. The molecule has 2 aromatic carbocycles. The number of carbonyl (C=O) groups excluding carboxylic acids is 1. The summed E-state index contributed by atoms with van der Waals surface area (Å²) >= 11 is 1.13. The molecule has 0 unspecified atom stereocenters. The summed E-state index contributed by atoms with van der Waals surface area (Å²) in [6.45, 7) is 1.83. The minimum absolute atomic E-state index is 0.0989. The summed E-state index contributed by atoms with van der Waals surface area (Å²) in [5.74, 6) is -0.231. The molecule has 0 atom stereocenters. The molecule has 0 fully saturated rings. The van der Waals surface area contributed by atoms with Crippen LogP contribution in [0.2, 0.25) is 0 Å². The van der Waals surface area contributed by atoms with E-state index in [0.29, 0.717) is 37.5 Å². The standard InChI is InChI=1S/C24H20N4O3S/c1-15-19-21(29)28(18-11-5-4-6-12-18)24(31)27(14-17-10-8-7-9-16(17)13-25)23(19)32-20(15)22(30)26(2)3/h4-12H,14H2,1-3H3. The van der Waals surface area contributed by atoms with Gasteiger partial charge in [0.2, 0.25) is 0 Å². The van der Waals surface area contributed by atoms with Crippen molar-refractivity contribution in [1.82, 2.24) is 14.0 Å². The molecule has 0 radical (unpaired) electrons. The van der Waals surface area contributed by atoms with Crippen molar-refractivity contribution in [2.24, 2.45) is 0 Å². The molecule has 160 valence electrons. The van der Waals surface area contributed by atoms with Crippen LogP contribution in [0.25, 0.3) is 15.9 Å². The first-order chi connectivity index (χ1) is 15.3. The molecule has 0 aliphatic heterocycles. The van der Waals surface area contributed by atoms with Crippen molar-refractivity contribution in [3.8, 4) is 11.8 Å². The maximum absolute atomic E-state index is 13.6. The molecule has 32 heavy (non-hydrogen) atoms. The van der Waals surface area contributed by atoms with Crippen LogP contribution in [0.3, 0.4) is 0 Å². The van der Waals surface area contributed by atoms with Crippen molar-refractivity contribution < 1.29 is 4.79 Å². The van der Waals surface area contributed by atoms with Crippen LogP contribution in [-0.4, -0.2) is 34.0 Å². The zero-order valence-corrected chi connectivity index (χ0v) is 18.6. The molecule has 4 rings (SSSR count). The molecule has 0 saturated carbocycles. The largest absolute Gasteiger partial charge is 0.344 e. The van der Waals surface area contributed by atoms with Crippen molar-refractivity contribution >= 4 is 27.5 Å². The van der Waals surface area contributed by atoms with E-state index in [1.54, 1.807) is 75.6 Å². The van der Waals surface area contributed by atoms with Gasteiger partial charge in [0.1, 0.15) is 4.83 Å². The molecule has 1 amide bonds. The molecule has 0 spiro atoms. The van der Waals surface area contributed by atoms with E-state index in [1.807, 2.05) is 0 Å². The average molecular weight is 445 g/mol. The number of nitrogens with zero attached hydrogens (tertiary/aromatic N) is 4. The number of nitriles is 1. The Kier molecular flexibility index (Phi) is 5.51. The number of rotatable bonds is 4. The minimum Gasteiger partial charge on any atom is -0.344 e. The summed E-state index contributed by atoms with van der Waals surface area (Å²) in [6.07, 6.45) is 0. The van der Waals surface area contributed by atoms with Gasteiger partial charge >= 0.3 is 5.69 Å². The number of para-hydroxylation sites is 1. The lowest BCUT2D eigenvalue weighted by Crippen LogP contribution is -2.39. The molecule has 0 N–H and O–H groups in total. The monoisotopic (exact) mass is 444 g/mol. The minimum atomic E-state index is -0.522. The lowest BCUT2D eigenvalue weighted by Gasteiger charge is -2.13. The van der Waals surface area contributed by atoms with Crippen molar-refractivity contribution in [3.63, 3.8) is 0 Å². The first-order valence-electron chi connectivity index (χ1n) is 9.89. The molecule has 0 aliphatic carbocycles. The number of aryl methyl sites for hydroxylation is 1. The van der Waals surface area contributed by atoms with Gasteiger partial charge in [-0.05, 0) is 36.2 Å². The number of carbonyl (C=O) groups is 1. The molecule has 0 aliphatic rings. The van der Waals surface area contributed by atoms with E-state index in [2.05, 4.69) is 6.07 Å². The first kappa shape index (κ1) is 21.3. The summed E-state index contributed by atoms with van der Waals surface area (Å²) in [5.41, 5.74) is 1.10. The molecule has 0 saturated heterocycles. The Morgan fingerprint density at radius 3 is 2.38 bits per heavy atom. The van der Waals surface area contributed by atoms with Gasteiger partial charge in [-0.1, -0.05) is 36.4 Å². The number of hydrogen-bond acceptors (Lipinski definition) is 5. The Balaban J connectivity index is 2.10. The third-order valence-electron chi connectivity index (χ3n) is 5.29. The fourth-order valence-corrected chi connectivity index (χ4v) is 4.95. The van der Waals surface area contributed by atoms with E-state index >= 15 is 0 Å². The lowest BCUT2D eigenvalue weighted by molar-refractivity contribution is 0.0831. The van der Waals surface area contributed by atoms with E-state index < -0.39 is 11.2 Å². The Labute approximate surface area is 188 Å². The molecule has 2 aromatic heterocycles. The highest BCUT2D eigenvalue weighted by Crippen LogP contribution is 2.29. The summed E-state index contributed by atoms with van der Waals surface area (Å²) in [7, 11) is 3.29. The van der Waals surface area contributed by atoms with Gasteiger partial charge < -0.3 is 4.90 Å². The van der Waals surface area contributed by atoms with Gasteiger partial charge in [-0.2, -0.15) is 5.26 Å². The van der Waals surface area contributed by atoms with E-state index in [9.17, 15) is 19.6 Å². The number of hydrogen-bond donors (Lipinski definition) is 0. The zero-order valence-electron chi connectivity index (χ0n) is 17.8. The normalized spacial score (nSPS) is 10.8. The van der Waals surface area contributed by atoms with Gasteiger partial charge in [0.15, 0.2) is 0 Å². The van der Waals surface area contributed by atoms with E-state index in [4.69, 9.17) is 0 Å². The van der Waals surface area contributed by atoms with Gasteiger partial charge in [-0.25, -0.2) is 9.36 Å². The van der Waals surface area contributed by atoms with Crippen LogP contribution in [0.4, 0.5) is 0 Å². The van der Waals surface area contributed by atoms with Crippen LogP contribution in [0.5, 0.6) is 0 Å². The second-order valence-electron chi connectivity index (χ2n) is 7.55. The van der Waals surface area contributed by atoms with Crippen molar-refractivity contribution in [1.29, 1.82) is 5.26 Å². The maximum Gasteiger partial charge on any atom is 0.337 e. The molecular weight excluding hydrogens is 424 g/mol. The number of benzene rings is 2. The Hall–Kier alpha value is -3.96. The van der Waals surface area contributed by atoms with Crippen molar-refractivity contribution in [2.45, 2.75) is 13.5 Å². The van der Waals surface area contributed by atoms with Gasteiger partial charge in [0.05, 0.1) is 34.1 Å². The molecule has 0 bridgehead atoms. The van der Waals surface area contributed by atoms with Crippen LogP contribution >= 0.6 is 11.3 Å². The molecule has 8 heteroatoms. The van der Waals surface area contributed by atoms with Gasteiger partial charge in [-0.3, -0.25) is 14.2 Å². The fraction of sp³-hybridized carbons (Fsp3) is 0.167. The molecular formula is C24H20N4O3S. The highest BCUT2D eigenvalue weighted by Gasteiger charge is 2.24. The summed E-state index contributed by atoms with van der Waals surface area (Å²) in [6, 6.07) is 17.9. The number of fused-ring (bicyclic) bond motifs is 1.